The fraction of sp³-hybridized carbons (Fsp3) is 0.308. The minimum Gasteiger partial charge on any atom is -0.0716 e. The Hall–Kier alpha value is 0.0800. The van der Waals surface area contributed by atoms with Gasteiger partial charge in [-0.1, -0.05) is 36.7 Å². The van der Waals surface area contributed by atoms with Gasteiger partial charge in [0.25, 0.3) is 0 Å². The molecule has 1 aromatic rings. The van der Waals surface area contributed by atoms with Crippen LogP contribution in [0, 0.1) is 37.5 Å². The van der Waals surface area contributed by atoms with E-state index in [-0.39, 0.29) is 0 Å². The molecule has 77 valence electrons. The van der Waals surface area contributed by atoms with E-state index in [1.54, 1.807) is 0 Å². The first-order valence-corrected chi connectivity index (χ1v) is 7.05. The molecule has 0 nitrogen and oxygen atoms in total. The second kappa shape index (κ2) is 4.52. The van der Waals surface area contributed by atoms with E-state index in [2.05, 4.69) is 45.7 Å². The lowest BCUT2D eigenvalue weighted by molar-refractivity contribution is 1.04. The summed E-state index contributed by atoms with van der Waals surface area (Å²) >= 11 is 0. The molecule has 0 atom stereocenters. The fourth-order valence-corrected chi connectivity index (χ4v) is 4.08. The van der Waals surface area contributed by atoms with E-state index in [1.807, 2.05) is 0 Å². The van der Waals surface area contributed by atoms with Crippen molar-refractivity contribution in [3.8, 4) is 0 Å². The molecule has 0 saturated carbocycles. The monoisotopic (exact) mass is 233 g/mol. The summed E-state index contributed by atoms with van der Waals surface area (Å²) in [5.41, 5.74) is 4.33. The largest absolute Gasteiger partial charge is 0.0716 e. The third kappa shape index (κ3) is 2.27. The minimum absolute atomic E-state index is 1.35. The summed E-state index contributed by atoms with van der Waals surface area (Å²) in [7, 11) is 2.72. The molecule has 1 fully saturated rings. The maximum absolute atomic E-state index is 2.34. The first kappa shape index (κ1) is 11.6. The molecule has 5 radical (unpaired) electrons. The van der Waals surface area contributed by atoms with Crippen molar-refractivity contribution in [3.05, 3.63) is 51.9 Å². The third-order valence-electron chi connectivity index (χ3n) is 2.95. The normalized spacial score (nSPS) is 22.1. The first-order valence-electron chi connectivity index (χ1n) is 5.12. The van der Waals surface area contributed by atoms with E-state index in [0.717, 1.165) is 0 Å². The lowest BCUT2D eigenvalue weighted by Gasteiger charge is -2.16. The molecule has 2 heterocycles. The molecule has 0 bridgehead atoms. The van der Waals surface area contributed by atoms with Crippen LogP contribution in [0.15, 0.2) is 11.9 Å². The molecule has 0 N–H and O–H groups in total. The molecule has 1 aromatic heterocycles. The summed E-state index contributed by atoms with van der Waals surface area (Å²) in [4.78, 5) is 0. The molecule has 15 heavy (non-hydrogen) atoms. The lowest BCUT2D eigenvalue weighted by atomic mass is 9.94. The van der Waals surface area contributed by atoms with Crippen LogP contribution in [0.4, 0.5) is 0 Å². The highest BCUT2D eigenvalue weighted by Crippen LogP contribution is 2.57. The SMILES string of the molecule is C[C]1[CH][P][C](c2cc(C)c(C)cp2)[C]1C. The maximum Gasteiger partial charge on any atom is 0.0453 e. The molecule has 1 saturated heterocycles. The molecule has 1 aliphatic heterocycles. The summed E-state index contributed by atoms with van der Waals surface area (Å²) in [6.45, 7) is 8.82. The second-order valence-corrected chi connectivity index (χ2v) is 6.03. The van der Waals surface area contributed by atoms with Crippen LogP contribution in [-0.2, 0) is 0 Å². The van der Waals surface area contributed by atoms with Gasteiger partial charge in [-0.3, -0.25) is 0 Å². The Bertz CT molecular complexity index is 360. The molecule has 2 heteroatoms. The van der Waals surface area contributed by atoms with E-state index in [1.165, 1.54) is 50.7 Å². The molecule has 0 spiro atoms. The highest BCUT2D eigenvalue weighted by atomic mass is 31.1. The third-order valence-corrected chi connectivity index (χ3v) is 5.62. The Kier molecular flexibility index (Phi) is 3.49. The zero-order valence-corrected chi connectivity index (χ0v) is 11.4. The van der Waals surface area contributed by atoms with Gasteiger partial charge >= 0.3 is 0 Å². The quantitative estimate of drug-likeness (QED) is 0.594. The molecule has 0 aliphatic carbocycles. The fourth-order valence-electron chi connectivity index (χ4n) is 1.55. The molecular formula is C13H15P2. The second-order valence-electron chi connectivity index (χ2n) is 4.07. The Morgan fingerprint density at radius 2 is 1.73 bits per heavy atom. The number of aryl methyl sites for hydroxylation is 2. The zero-order valence-electron chi connectivity index (χ0n) is 9.63. The molecule has 1 aliphatic rings. The average Bonchev–Trinajstić information content (AvgIpc) is 2.53. The van der Waals surface area contributed by atoms with Gasteiger partial charge in [0, 0.05) is 5.66 Å². The Labute approximate surface area is 96.8 Å². The summed E-state index contributed by atoms with van der Waals surface area (Å²) in [6, 6.07) is 2.34. The summed E-state index contributed by atoms with van der Waals surface area (Å²) in [5.74, 6) is 5.22. The Morgan fingerprint density at radius 3 is 2.27 bits per heavy atom. The van der Waals surface area contributed by atoms with E-state index >= 15 is 0 Å². The molecule has 0 unspecified atom stereocenters. The van der Waals surface area contributed by atoms with Crippen molar-refractivity contribution in [1.82, 2.24) is 0 Å². The summed E-state index contributed by atoms with van der Waals surface area (Å²) in [5, 5.41) is 1.48. The van der Waals surface area contributed by atoms with E-state index < -0.39 is 0 Å². The van der Waals surface area contributed by atoms with E-state index in [9.17, 15) is 0 Å². The van der Waals surface area contributed by atoms with Crippen molar-refractivity contribution < 1.29 is 0 Å². The first-order chi connectivity index (χ1) is 7.09. The van der Waals surface area contributed by atoms with E-state index in [0.29, 0.717) is 0 Å². The predicted molar refractivity (Wildman–Crippen MR) is 69.8 cm³/mol. The topological polar surface area (TPSA) is 0 Å². The van der Waals surface area contributed by atoms with Crippen LogP contribution in [0.1, 0.15) is 30.3 Å². The van der Waals surface area contributed by atoms with Crippen molar-refractivity contribution in [3.63, 3.8) is 0 Å². The number of hydrogen-bond donors (Lipinski definition) is 0. The van der Waals surface area contributed by atoms with Crippen molar-refractivity contribution in [1.29, 1.82) is 0 Å². The number of hydrogen-bond acceptors (Lipinski definition) is 0. The van der Waals surface area contributed by atoms with Crippen molar-refractivity contribution in [2.24, 2.45) is 0 Å². The molecule has 0 amide bonds. The lowest BCUT2D eigenvalue weighted by Crippen LogP contribution is -2.02. The van der Waals surface area contributed by atoms with E-state index in [4.69, 9.17) is 0 Å². The molecular weight excluding hydrogens is 218 g/mol. The minimum atomic E-state index is 1.35. The van der Waals surface area contributed by atoms with Crippen molar-refractivity contribution >= 4 is 16.8 Å². The highest BCUT2D eigenvalue weighted by Gasteiger charge is 2.33. The molecule has 0 aromatic carbocycles. The average molecular weight is 233 g/mol. The van der Waals surface area contributed by atoms with Crippen molar-refractivity contribution in [2.75, 3.05) is 0 Å². The Morgan fingerprint density at radius 1 is 1.00 bits per heavy atom. The van der Waals surface area contributed by atoms with Crippen LogP contribution < -0.4 is 0 Å². The molecule has 2 rings (SSSR count). The summed E-state index contributed by atoms with van der Waals surface area (Å²) in [6.07, 6.45) is 2.31. The van der Waals surface area contributed by atoms with Gasteiger partial charge in [0.05, 0.1) is 0 Å². The van der Waals surface area contributed by atoms with Gasteiger partial charge in [0.2, 0.25) is 0 Å². The summed E-state index contributed by atoms with van der Waals surface area (Å²) < 4.78 is 0. The maximum atomic E-state index is 2.34. The van der Waals surface area contributed by atoms with Crippen molar-refractivity contribution in [2.45, 2.75) is 27.7 Å². The van der Waals surface area contributed by atoms with Gasteiger partial charge in [-0.25, -0.2) is 0 Å². The van der Waals surface area contributed by atoms with Crippen LogP contribution in [0.2, 0.25) is 0 Å². The van der Waals surface area contributed by atoms with Gasteiger partial charge in [-0.15, -0.1) is 0 Å². The van der Waals surface area contributed by atoms with Gasteiger partial charge in [-0.05, 0) is 54.1 Å². The van der Waals surface area contributed by atoms with Gasteiger partial charge in [0.15, 0.2) is 0 Å². The van der Waals surface area contributed by atoms with Gasteiger partial charge < -0.3 is 0 Å². The smallest absolute Gasteiger partial charge is 0.0453 e. The predicted octanol–water partition coefficient (Wildman–Crippen LogP) is 5.07. The van der Waals surface area contributed by atoms with Crippen LogP contribution >= 0.6 is 16.8 Å². The van der Waals surface area contributed by atoms with Crippen LogP contribution in [0.25, 0.3) is 0 Å². The standard InChI is InChI=1S/C13H15P2/c1-8-5-12(14-6-9(8)2)13-11(4)10(3)7-15-13/h5-7H,1-4H3. The van der Waals surface area contributed by atoms with Gasteiger partial charge in [0.1, 0.15) is 0 Å². The van der Waals surface area contributed by atoms with Crippen LogP contribution in [-0.4, -0.2) is 0 Å². The number of rotatable bonds is 1. The Balaban J connectivity index is 2.26. The zero-order chi connectivity index (χ0) is 11.0. The van der Waals surface area contributed by atoms with Gasteiger partial charge in [-0.2, -0.15) is 0 Å². The van der Waals surface area contributed by atoms with Crippen LogP contribution in [0.5, 0.6) is 0 Å². The highest BCUT2D eigenvalue weighted by molar-refractivity contribution is 7.47. The van der Waals surface area contributed by atoms with Crippen LogP contribution in [0.3, 0.4) is 0 Å².